The predicted octanol–water partition coefficient (Wildman–Crippen LogP) is 6.28. The zero-order valence-electron chi connectivity index (χ0n) is 25.3. The average molecular weight is 622 g/mol. The lowest BCUT2D eigenvalue weighted by Gasteiger charge is -2.31. The van der Waals surface area contributed by atoms with Crippen LogP contribution in [0.5, 0.6) is 5.75 Å². The minimum Gasteiger partial charge on any atom is -0.494 e. The molecular weight excluding hydrogens is 586 g/mol. The number of pyridine rings is 1. The number of nitrogens with one attached hydrogen (secondary N) is 1. The van der Waals surface area contributed by atoms with Gasteiger partial charge in [0.2, 0.25) is 0 Å². The van der Waals surface area contributed by atoms with E-state index >= 15 is 0 Å². The molecule has 9 nitrogen and oxygen atoms in total. The summed E-state index contributed by atoms with van der Waals surface area (Å²) in [4.78, 5) is 38.9. The standard InChI is InChI=1S/C35H35N5O4S/c1-39(2)21-23-12-15-26(16-13-23)44-20-6-8-25-14-17-31(37-32(25)34(42)43)40-19-18-24-7-5-9-27(28(24)22-40)33(41)38-35-36-29-10-3-4-11-30(29)45-35/h3-5,7,9-17H,6,8,18-22H2,1-2H3,(H,42,43)(H,36,38,41). The van der Waals surface area contributed by atoms with Crippen LogP contribution in [0, 0.1) is 0 Å². The Kier molecular flexibility index (Phi) is 9.04. The van der Waals surface area contributed by atoms with Gasteiger partial charge in [-0.3, -0.25) is 10.1 Å². The molecule has 1 aliphatic heterocycles. The topological polar surface area (TPSA) is 108 Å². The third-order valence-corrected chi connectivity index (χ3v) is 8.76. The Bertz CT molecular complexity index is 1800. The lowest BCUT2D eigenvalue weighted by atomic mass is 9.94. The Hall–Kier alpha value is -4.80. The number of hydrogen-bond acceptors (Lipinski definition) is 8. The van der Waals surface area contributed by atoms with E-state index in [0.717, 1.165) is 40.1 Å². The number of ether oxygens (including phenoxy) is 1. The number of rotatable bonds is 11. The minimum atomic E-state index is -1.06. The van der Waals surface area contributed by atoms with E-state index in [-0.39, 0.29) is 11.6 Å². The van der Waals surface area contributed by atoms with Gasteiger partial charge in [-0.05, 0) is 92.0 Å². The van der Waals surface area contributed by atoms with Gasteiger partial charge in [-0.25, -0.2) is 14.8 Å². The van der Waals surface area contributed by atoms with Gasteiger partial charge in [-0.2, -0.15) is 0 Å². The molecule has 1 aliphatic rings. The van der Waals surface area contributed by atoms with Crippen molar-refractivity contribution in [1.82, 2.24) is 14.9 Å². The molecule has 2 aromatic heterocycles. The number of anilines is 2. The van der Waals surface area contributed by atoms with Gasteiger partial charge in [0, 0.05) is 25.2 Å². The lowest BCUT2D eigenvalue weighted by Crippen LogP contribution is -2.33. The number of aryl methyl sites for hydroxylation is 1. The van der Waals surface area contributed by atoms with Gasteiger partial charge < -0.3 is 19.6 Å². The molecule has 3 heterocycles. The van der Waals surface area contributed by atoms with E-state index in [1.807, 2.05) is 85.7 Å². The number of nitrogens with zero attached hydrogens (tertiary/aromatic N) is 4. The number of carboxylic acids is 1. The highest BCUT2D eigenvalue weighted by atomic mass is 32.1. The van der Waals surface area contributed by atoms with Crippen molar-refractivity contribution in [3.05, 3.63) is 112 Å². The van der Waals surface area contributed by atoms with Crippen molar-refractivity contribution < 1.29 is 19.4 Å². The van der Waals surface area contributed by atoms with Crippen molar-refractivity contribution in [1.29, 1.82) is 0 Å². The van der Waals surface area contributed by atoms with E-state index in [1.54, 1.807) is 0 Å². The van der Waals surface area contributed by atoms with Crippen molar-refractivity contribution in [2.45, 2.75) is 32.4 Å². The third kappa shape index (κ3) is 7.13. The summed E-state index contributed by atoms with van der Waals surface area (Å²) in [5, 5.41) is 13.5. The summed E-state index contributed by atoms with van der Waals surface area (Å²) in [6.45, 7) is 2.46. The summed E-state index contributed by atoms with van der Waals surface area (Å²) >= 11 is 1.44. The quantitative estimate of drug-likeness (QED) is 0.166. The Morgan fingerprint density at radius 2 is 1.82 bits per heavy atom. The number of fused-ring (bicyclic) bond motifs is 2. The van der Waals surface area contributed by atoms with Crippen LogP contribution in [0.25, 0.3) is 10.2 Å². The maximum absolute atomic E-state index is 13.4. The molecule has 6 rings (SSSR count). The fraction of sp³-hybridized carbons (Fsp3) is 0.257. The SMILES string of the molecule is CN(C)Cc1ccc(OCCCc2ccc(N3CCc4cccc(C(=O)Nc5nc6ccccc6s5)c4C3)nc2C(=O)O)cc1. The second-order valence-corrected chi connectivity index (χ2v) is 12.4. The molecule has 0 atom stereocenters. The monoisotopic (exact) mass is 621 g/mol. The molecule has 2 N–H and O–H groups in total. The Morgan fingerprint density at radius 1 is 1.00 bits per heavy atom. The van der Waals surface area contributed by atoms with Gasteiger partial charge in [-0.1, -0.05) is 53.8 Å². The molecule has 230 valence electrons. The fourth-order valence-corrected chi connectivity index (χ4v) is 6.49. The molecule has 3 aromatic carbocycles. The number of hydrogen-bond donors (Lipinski definition) is 2. The van der Waals surface area contributed by atoms with E-state index in [1.165, 1.54) is 16.9 Å². The van der Waals surface area contributed by atoms with E-state index in [9.17, 15) is 14.7 Å². The zero-order valence-corrected chi connectivity index (χ0v) is 26.1. The van der Waals surface area contributed by atoms with E-state index < -0.39 is 5.97 Å². The molecular formula is C35H35N5O4S. The smallest absolute Gasteiger partial charge is 0.354 e. The Balaban J connectivity index is 1.11. The number of aromatic carboxylic acids is 1. The minimum absolute atomic E-state index is 0.0493. The summed E-state index contributed by atoms with van der Waals surface area (Å²) in [6, 6.07) is 25.3. The third-order valence-electron chi connectivity index (χ3n) is 7.80. The van der Waals surface area contributed by atoms with Gasteiger partial charge in [0.25, 0.3) is 5.91 Å². The molecule has 0 radical (unpaired) electrons. The molecule has 1 amide bonds. The van der Waals surface area contributed by atoms with Crippen molar-refractivity contribution in [2.24, 2.45) is 0 Å². The number of benzene rings is 3. The highest BCUT2D eigenvalue weighted by Crippen LogP contribution is 2.29. The number of carbonyl (C=O) groups excluding carboxylic acids is 1. The van der Waals surface area contributed by atoms with Crippen molar-refractivity contribution in [2.75, 3.05) is 37.5 Å². The lowest BCUT2D eigenvalue weighted by molar-refractivity contribution is 0.0689. The summed E-state index contributed by atoms with van der Waals surface area (Å²) in [6.07, 6.45) is 1.91. The molecule has 45 heavy (non-hydrogen) atoms. The number of aromatic nitrogens is 2. The zero-order chi connectivity index (χ0) is 31.3. The summed E-state index contributed by atoms with van der Waals surface area (Å²) in [5.41, 5.74) is 5.38. The van der Waals surface area contributed by atoms with Crippen LogP contribution < -0.4 is 15.0 Å². The van der Waals surface area contributed by atoms with Crippen LogP contribution in [0.15, 0.2) is 78.9 Å². The van der Waals surface area contributed by atoms with Gasteiger partial charge in [0.15, 0.2) is 10.8 Å². The van der Waals surface area contributed by atoms with E-state index in [0.29, 0.717) is 54.6 Å². The van der Waals surface area contributed by atoms with Gasteiger partial charge in [0.1, 0.15) is 11.6 Å². The average Bonchev–Trinajstić information content (AvgIpc) is 3.45. The van der Waals surface area contributed by atoms with Crippen LogP contribution in [-0.4, -0.2) is 59.1 Å². The molecule has 10 heteroatoms. The summed E-state index contributed by atoms with van der Waals surface area (Å²) in [7, 11) is 4.07. The van der Waals surface area contributed by atoms with Crippen LogP contribution in [0.1, 0.15) is 49.5 Å². The second kappa shape index (κ2) is 13.5. The normalized spacial score (nSPS) is 12.7. The van der Waals surface area contributed by atoms with Gasteiger partial charge in [-0.15, -0.1) is 0 Å². The number of para-hydroxylation sites is 1. The highest BCUT2D eigenvalue weighted by Gasteiger charge is 2.24. The first-order valence-corrected chi connectivity index (χ1v) is 15.8. The number of amides is 1. The maximum Gasteiger partial charge on any atom is 0.354 e. The van der Waals surface area contributed by atoms with Crippen LogP contribution in [0.2, 0.25) is 0 Å². The summed E-state index contributed by atoms with van der Waals surface area (Å²) in [5.74, 6) is 0.103. The van der Waals surface area contributed by atoms with Crippen molar-refractivity contribution >= 4 is 44.4 Å². The van der Waals surface area contributed by atoms with Crippen molar-refractivity contribution in [3.63, 3.8) is 0 Å². The van der Waals surface area contributed by atoms with Crippen LogP contribution >= 0.6 is 11.3 Å². The molecule has 0 fully saturated rings. The van der Waals surface area contributed by atoms with E-state index in [4.69, 9.17) is 4.74 Å². The van der Waals surface area contributed by atoms with Gasteiger partial charge in [0.05, 0.1) is 16.8 Å². The van der Waals surface area contributed by atoms with Crippen LogP contribution in [0.3, 0.4) is 0 Å². The Labute approximate surface area is 266 Å². The Morgan fingerprint density at radius 3 is 2.60 bits per heavy atom. The molecule has 0 unspecified atom stereocenters. The largest absolute Gasteiger partial charge is 0.494 e. The second-order valence-electron chi connectivity index (χ2n) is 11.4. The molecule has 0 bridgehead atoms. The molecule has 0 spiro atoms. The molecule has 0 saturated heterocycles. The first-order chi connectivity index (χ1) is 21.8. The number of carbonyl (C=O) groups is 2. The molecule has 0 aliphatic carbocycles. The number of carboxylic acid groups (broad SMARTS) is 1. The van der Waals surface area contributed by atoms with Crippen LogP contribution in [0.4, 0.5) is 10.9 Å². The molecule has 0 saturated carbocycles. The van der Waals surface area contributed by atoms with Crippen molar-refractivity contribution in [3.8, 4) is 5.75 Å². The first kappa shape index (κ1) is 30.2. The van der Waals surface area contributed by atoms with Crippen LogP contribution in [-0.2, 0) is 25.9 Å². The fourth-order valence-electron chi connectivity index (χ4n) is 5.63. The maximum atomic E-state index is 13.4. The predicted molar refractivity (Wildman–Crippen MR) is 178 cm³/mol. The summed E-state index contributed by atoms with van der Waals surface area (Å²) < 4.78 is 6.91. The first-order valence-electron chi connectivity index (χ1n) is 15.0. The van der Waals surface area contributed by atoms with Gasteiger partial charge >= 0.3 is 5.97 Å². The number of thiazole rings is 1. The van der Waals surface area contributed by atoms with E-state index in [2.05, 4.69) is 32.3 Å². The molecule has 5 aromatic rings. The highest BCUT2D eigenvalue weighted by molar-refractivity contribution is 7.22.